The molecule has 1 N–H and O–H groups in total. The Balaban J connectivity index is 1.95. The van der Waals surface area contributed by atoms with E-state index < -0.39 is 0 Å². The molecule has 0 saturated carbocycles. The summed E-state index contributed by atoms with van der Waals surface area (Å²) < 4.78 is 0. The fourth-order valence-electron chi connectivity index (χ4n) is 3.95. The highest BCUT2D eigenvalue weighted by molar-refractivity contribution is 6.21. The number of hydrogen-bond acceptors (Lipinski definition) is 2. The Morgan fingerprint density at radius 1 is 0.571 bits per heavy atom. The molecule has 6 heteroatoms. The van der Waals surface area contributed by atoms with Crippen LogP contribution in [0.25, 0.3) is 0 Å². The molecule has 4 aromatic carbocycles. The molecule has 0 spiro atoms. The number of carbonyl (C=O) groups is 1. The highest BCUT2D eigenvalue weighted by Crippen LogP contribution is 2.20. The zero-order chi connectivity index (χ0) is 30.0. The molecule has 212 valence electrons. The Morgan fingerprint density at radius 2 is 0.976 bits per heavy atom. The summed E-state index contributed by atoms with van der Waals surface area (Å²) in [5.41, 5.74) is 2.58. The molecule has 0 unspecified atom stereocenters. The molecule has 0 bridgehead atoms. The highest BCUT2D eigenvalue weighted by atomic mass is 16.1. The zero-order valence-corrected chi connectivity index (χ0v) is 24.8. The first-order chi connectivity index (χ1) is 20.2. The van der Waals surface area contributed by atoms with Gasteiger partial charge >= 0.3 is 0 Å². The van der Waals surface area contributed by atoms with Crippen molar-refractivity contribution >= 4 is 29.2 Å². The Bertz CT molecular complexity index is 1580. The summed E-state index contributed by atoms with van der Waals surface area (Å²) in [6.45, 7) is 10.3. The van der Waals surface area contributed by atoms with E-state index >= 15 is 0 Å². The molecule has 0 radical (unpaired) electrons. The number of hydrogen-bond donors (Lipinski definition) is 1. The van der Waals surface area contributed by atoms with Gasteiger partial charge in [0, 0.05) is 33.7 Å². The van der Waals surface area contributed by atoms with Crippen molar-refractivity contribution < 1.29 is 4.79 Å². The Morgan fingerprint density at radius 3 is 1.40 bits per heavy atom. The van der Waals surface area contributed by atoms with Crippen LogP contribution in [0, 0.1) is 5.41 Å². The van der Waals surface area contributed by atoms with Crippen molar-refractivity contribution in [2.75, 3.05) is 0 Å². The molecule has 0 aliphatic carbocycles. The van der Waals surface area contributed by atoms with Crippen LogP contribution in [0.15, 0.2) is 141 Å². The van der Waals surface area contributed by atoms with Gasteiger partial charge in [0.1, 0.15) is 11.7 Å². The molecule has 0 fully saturated rings. The molecular formula is C36H37N5O. The predicted octanol–water partition coefficient (Wildman–Crippen LogP) is 7.61. The van der Waals surface area contributed by atoms with E-state index in [0.717, 1.165) is 16.7 Å². The van der Waals surface area contributed by atoms with Crippen LogP contribution < -0.4 is 5.32 Å². The maximum Gasteiger partial charge on any atom is 0.256 e. The van der Waals surface area contributed by atoms with E-state index in [1.807, 2.05) is 123 Å². The Kier molecular flexibility index (Phi) is 10.1. The molecule has 0 atom stereocenters. The lowest BCUT2D eigenvalue weighted by molar-refractivity contribution is 0.0977. The average Bonchev–Trinajstić information content (AvgIpc) is 3.00. The van der Waals surface area contributed by atoms with Gasteiger partial charge in [-0.05, 0) is 26.0 Å². The number of nitrogens with one attached hydrogen (secondary N) is 1. The fraction of sp³-hybridized carbons (Fsp3) is 0.194. The summed E-state index contributed by atoms with van der Waals surface area (Å²) in [4.78, 5) is 33.2. The minimum atomic E-state index is -0.311. The second kappa shape index (κ2) is 14.1. The molecule has 4 aromatic rings. The van der Waals surface area contributed by atoms with Crippen LogP contribution in [0.1, 0.15) is 61.7 Å². The summed E-state index contributed by atoms with van der Waals surface area (Å²) in [5, 5.41) is 3.02. The van der Waals surface area contributed by atoms with Gasteiger partial charge in [-0.25, -0.2) is 15.0 Å². The van der Waals surface area contributed by atoms with Crippen molar-refractivity contribution in [1.82, 2.24) is 5.32 Å². The molecule has 6 nitrogen and oxygen atoms in total. The third-order valence-electron chi connectivity index (χ3n) is 6.07. The fourth-order valence-corrected chi connectivity index (χ4v) is 3.95. The molecule has 0 heterocycles. The van der Waals surface area contributed by atoms with Gasteiger partial charge in [-0.2, -0.15) is 0 Å². The number of nitrogens with zero attached hydrogens (tertiary/aromatic N) is 4. The molecule has 0 aliphatic heterocycles. The number of amides is 1. The minimum Gasteiger partial charge on any atom is -0.306 e. The van der Waals surface area contributed by atoms with Crippen LogP contribution in [0.3, 0.4) is 0 Å². The second-order valence-electron chi connectivity index (χ2n) is 11.0. The summed E-state index contributed by atoms with van der Waals surface area (Å²) in [5.74, 6) is 1.70. The van der Waals surface area contributed by atoms with E-state index in [4.69, 9.17) is 20.0 Å². The summed E-state index contributed by atoms with van der Waals surface area (Å²) >= 11 is 0. The van der Waals surface area contributed by atoms with Crippen molar-refractivity contribution in [1.29, 1.82) is 0 Å². The van der Waals surface area contributed by atoms with Gasteiger partial charge in [-0.3, -0.25) is 9.79 Å². The summed E-state index contributed by atoms with van der Waals surface area (Å²) in [6, 6.07) is 38.2. The molecule has 1 amide bonds. The SMILES string of the molecule is CC(C)N=C(N=C(N=C(N=C(NC(=O)c1ccccc1)c1ccccc1)c1ccccc1)c1ccccc1)C(C)(C)C. The zero-order valence-electron chi connectivity index (χ0n) is 24.8. The van der Waals surface area contributed by atoms with Gasteiger partial charge in [0.2, 0.25) is 0 Å². The van der Waals surface area contributed by atoms with Crippen LogP contribution in [0.2, 0.25) is 0 Å². The maximum absolute atomic E-state index is 13.3. The van der Waals surface area contributed by atoms with Gasteiger partial charge in [0.15, 0.2) is 11.7 Å². The van der Waals surface area contributed by atoms with E-state index in [-0.39, 0.29) is 17.4 Å². The first kappa shape index (κ1) is 30.0. The number of benzene rings is 4. The summed E-state index contributed by atoms with van der Waals surface area (Å²) in [6.07, 6.45) is 0. The largest absolute Gasteiger partial charge is 0.306 e. The number of carbonyl (C=O) groups excluding carboxylic acids is 1. The van der Waals surface area contributed by atoms with Crippen LogP contribution in [0.5, 0.6) is 0 Å². The number of amidine groups is 4. The quantitative estimate of drug-likeness (QED) is 0.200. The average molecular weight is 556 g/mol. The highest BCUT2D eigenvalue weighted by Gasteiger charge is 2.21. The van der Waals surface area contributed by atoms with Gasteiger partial charge in [0.25, 0.3) is 5.91 Å². The van der Waals surface area contributed by atoms with E-state index in [1.165, 1.54) is 0 Å². The third kappa shape index (κ3) is 8.51. The lowest BCUT2D eigenvalue weighted by Crippen LogP contribution is -2.32. The normalized spacial score (nSPS) is 13.3. The monoisotopic (exact) mass is 555 g/mol. The maximum atomic E-state index is 13.3. The standard InChI is InChI=1S/C36H37N5O/c1-26(2)37-35(36(3,4)5)41-33(29-22-14-8-15-23-29)39-31(27-18-10-6-11-19-27)38-32(28-20-12-7-13-21-28)40-34(42)30-24-16-9-17-25-30/h6-26H,1-5H3,(H,37,38,39,40,41,42). The second-order valence-corrected chi connectivity index (χ2v) is 11.0. The van der Waals surface area contributed by atoms with E-state index in [2.05, 4.69) is 26.1 Å². The van der Waals surface area contributed by atoms with Crippen molar-refractivity contribution in [2.24, 2.45) is 25.4 Å². The van der Waals surface area contributed by atoms with E-state index in [1.54, 1.807) is 12.1 Å². The molecule has 0 aromatic heterocycles. The number of rotatable bonds is 5. The van der Waals surface area contributed by atoms with Crippen molar-refractivity contribution in [2.45, 2.75) is 40.7 Å². The van der Waals surface area contributed by atoms with Crippen molar-refractivity contribution in [3.05, 3.63) is 144 Å². The van der Waals surface area contributed by atoms with Crippen molar-refractivity contribution in [3.8, 4) is 0 Å². The molecule has 42 heavy (non-hydrogen) atoms. The molecule has 4 rings (SSSR count). The van der Waals surface area contributed by atoms with Crippen LogP contribution in [-0.2, 0) is 0 Å². The van der Waals surface area contributed by atoms with Gasteiger partial charge in [-0.1, -0.05) is 130 Å². The first-order valence-corrected chi connectivity index (χ1v) is 14.1. The lowest BCUT2D eigenvalue weighted by Gasteiger charge is -2.20. The van der Waals surface area contributed by atoms with Crippen LogP contribution >= 0.6 is 0 Å². The van der Waals surface area contributed by atoms with Gasteiger partial charge in [0.05, 0.1) is 0 Å². The smallest absolute Gasteiger partial charge is 0.256 e. The van der Waals surface area contributed by atoms with Crippen LogP contribution in [0.4, 0.5) is 0 Å². The number of aliphatic imine (C=N–C) groups is 4. The topological polar surface area (TPSA) is 78.5 Å². The van der Waals surface area contributed by atoms with Gasteiger partial charge < -0.3 is 5.32 Å². The predicted molar refractivity (Wildman–Crippen MR) is 175 cm³/mol. The van der Waals surface area contributed by atoms with Crippen LogP contribution in [-0.4, -0.2) is 35.3 Å². The van der Waals surface area contributed by atoms with E-state index in [0.29, 0.717) is 28.9 Å². The van der Waals surface area contributed by atoms with E-state index in [9.17, 15) is 4.79 Å². The minimum absolute atomic E-state index is 0.0634. The van der Waals surface area contributed by atoms with Gasteiger partial charge in [-0.15, -0.1) is 0 Å². The molecular weight excluding hydrogens is 518 g/mol. The summed E-state index contributed by atoms with van der Waals surface area (Å²) in [7, 11) is 0. The van der Waals surface area contributed by atoms with Crippen molar-refractivity contribution in [3.63, 3.8) is 0 Å². The lowest BCUT2D eigenvalue weighted by atomic mass is 9.95. The Hall–Kier alpha value is -4.97. The third-order valence-corrected chi connectivity index (χ3v) is 6.07. The molecule has 0 saturated heterocycles. The first-order valence-electron chi connectivity index (χ1n) is 14.1. The molecule has 0 aliphatic rings. The Labute approximate surface area is 248 Å².